The Morgan fingerprint density at radius 3 is 2.69 bits per heavy atom. The molecule has 2 amide bonds. The number of rotatable bonds is 8. The normalized spacial score (nSPS) is 19.7. The third-order valence-corrected chi connectivity index (χ3v) is 7.45. The van der Waals surface area contributed by atoms with Crippen molar-refractivity contribution in [2.24, 2.45) is 18.4 Å². The Hall–Kier alpha value is -3.60. The molecule has 232 valence electrons. The minimum atomic E-state index is -0.946. The molecule has 2 N–H and O–H groups in total. The van der Waals surface area contributed by atoms with Crippen molar-refractivity contribution < 1.29 is 28.6 Å². The number of hydrogen-bond donors (Lipinski definition) is 2. The van der Waals surface area contributed by atoms with Crippen molar-refractivity contribution in [3.63, 3.8) is 0 Å². The lowest BCUT2D eigenvalue weighted by atomic mass is 9.76. The number of nitrogens with zero attached hydrogens (tertiary/aromatic N) is 3. The van der Waals surface area contributed by atoms with E-state index in [0.29, 0.717) is 69.3 Å². The van der Waals surface area contributed by atoms with E-state index in [1.807, 2.05) is 31.6 Å². The number of carbonyl (C=O) groups is 3. The summed E-state index contributed by atoms with van der Waals surface area (Å²) in [6.07, 6.45) is 6.43. The van der Waals surface area contributed by atoms with Crippen LogP contribution in [-0.4, -0.2) is 79.0 Å². The van der Waals surface area contributed by atoms with Gasteiger partial charge in [0.2, 0.25) is 5.91 Å². The number of benzene rings is 1. The van der Waals surface area contributed by atoms with Crippen LogP contribution in [0.5, 0.6) is 11.5 Å². The molecule has 2 aliphatic rings. The van der Waals surface area contributed by atoms with Gasteiger partial charge in [-0.2, -0.15) is 5.10 Å². The molecule has 1 unspecified atom stereocenters. The number of carbonyl (C=O) groups excluding carboxylic acids is 3. The summed E-state index contributed by atoms with van der Waals surface area (Å²) in [6.45, 7) is 8.63. The molecule has 0 saturated carbocycles. The van der Waals surface area contributed by atoms with Gasteiger partial charge in [-0.15, -0.1) is 0 Å². The zero-order valence-corrected chi connectivity index (χ0v) is 25.7. The van der Waals surface area contributed by atoms with Crippen LogP contribution in [-0.2, 0) is 39.1 Å². The zero-order valence-electron chi connectivity index (χ0n) is 25.7. The highest BCUT2D eigenvalue weighted by molar-refractivity contribution is 5.80. The van der Waals surface area contributed by atoms with Crippen LogP contribution in [0, 0.1) is 11.3 Å². The summed E-state index contributed by atoms with van der Waals surface area (Å²) in [4.78, 5) is 41.4. The highest BCUT2D eigenvalue weighted by atomic mass is 16.5. The fraction of sp³-hybridized carbons (Fsp3) is 0.613. The minimum Gasteiger partial charge on any atom is -0.493 e. The van der Waals surface area contributed by atoms with Crippen molar-refractivity contribution in [2.75, 3.05) is 46.5 Å². The van der Waals surface area contributed by atoms with Crippen molar-refractivity contribution in [2.45, 2.75) is 59.4 Å². The second-order valence-electron chi connectivity index (χ2n) is 11.4. The average Bonchev–Trinajstić information content (AvgIpc) is 3.37. The SMILES string of the molecule is CCOC(=O)C1(CCC(C)C)CNC(=O)CCCN(Cc2cnn(C)c2)CCNC(=O)COc2ccc(cc2OC)C1. The molecular weight excluding hydrogens is 538 g/mol. The molecule has 1 aromatic carbocycles. The summed E-state index contributed by atoms with van der Waals surface area (Å²) < 4.78 is 18.7. The first kappa shape index (κ1) is 32.9. The molecule has 0 spiro atoms. The fourth-order valence-electron chi connectivity index (χ4n) is 5.12. The van der Waals surface area contributed by atoms with Crippen LogP contribution in [0.25, 0.3) is 0 Å². The maximum atomic E-state index is 13.5. The van der Waals surface area contributed by atoms with Gasteiger partial charge in [-0.1, -0.05) is 19.9 Å². The lowest BCUT2D eigenvalue weighted by molar-refractivity contribution is -0.156. The average molecular weight is 586 g/mol. The third-order valence-electron chi connectivity index (χ3n) is 7.45. The predicted molar refractivity (Wildman–Crippen MR) is 159 cm³/mol. The van der Waals surface area contributed by atoms with Gasteiger partial charge in [0, 0.05) is 51.4 Å². The lowest BCUT2D eigenvalue weighted by Crippen LogP contribution is -2.46. The van der Waals surface area contributed by atoms with E-state index in [9.17, 15) is 14.4 Å². The molecule has 11 nitrogen and oxygen atoms in total. The molecule has 3 heterocycles. The van der Waals surface area contributed by atoms with Gasteiger partial charge in [-0.3, -0.25) is 24.0 Å². The number of amides is 2. The summed E-state index contributed by atoms with van der Waals surface area (Å²) >= 11 is 0. The Labute approximate surface area is 249 Å². The van der Waals surface area contributed by atoms with Crippen LogP contribution in [0.3, 0.4) is 0 Å². The highest BCUT2D eigenvalue weighted by Crippen LogP contribution is 2.35. The first-order valence-corrected chi connectivity index (χ1v) is 14.8. The third kappa shape index (κ3) is 10.0. The number of nitrogens with one attached hydrogen (secondary N) is 2. The van der Waals surface area contributed by atoms with Gasteiger partial charge < -0.3 is 24.8 Å². The van der Waals surface area contributed by atoms with Gasteiger partial charge in [0.25, 0.3) is 5.91 Å². The van der Waals surface area contributed by atoms with Crippen LogP contribution in [0.15, 0.2) is 30.6 Å². The van der Waals surface area contributed by atoms with Gasteiger partial charge >= 0.3 is 5.97 Å². The number of fused-ring (bicyclic) bond motifs is 16. The Kier molecular flexibility index (Phi) is 12.7. The van der Waals surface area contributed by atoms with E-state index in [4.69, 9.17) is 14.2 Å². The molecule has 0 aliphatic carbocycles. The first-order chi connectivity index (χ1) is 20.1. The summed E-state index contributed by atoms with van der Waals surface area (Å²) in [5.41, 5.74) is 0.951. The van der Waals surface area contributed by atoms with Gasteiger partial charge in [-0.25, -0.2) is 0 Å². The van der Waals surface area contributed by atoms with Crippen molar-refractivity contribution in [1.82, 2.24) is 25.3 Å². The standard InChI is InChI=1S/C31H47N5O6/c1-6-41-30(39)31(12-11-23(2)3)17-24-9-10-26(27(16-24)40-5)42-21-29(38)32-13-15-36(14-7-8-28(37)33-22-31)20-25-18-34-35(4)19-25/h9-10,16,18-19,23H,6-8,11-15,17,20-22H2,1-5H3,(H,32,38)(H,33,37). The van der Waals surface area contributed by atoms with Crippen LogP contribution in [0.2, 0.25) is 0 Å². The quantitative estimate of drug-likeness (QED) is 0.358. The minimum absolute atomic E-state index is 0.109. The van der Waals surface area contributed by atoms with Crippen molar-refractivity contribution in [3.8, 4) is 11.5 Å². The van der Waals surface area contributed by atoms with E-state index < -0.39 is 5.41 Å². The van der Waals surface area contributed by atoms with Crippen LogP contribution < -0.4 is 20.1 Å². The molecule has 1 atom stereocenters. The van der Waals surface area contributed by atoms with E-state index >= 15 is 0 Å². The number of ether oxygens (including phenoxy) is 3. The molecule has 0 fully saturated rings. The predicted octanol–water partition coefficient (Wildman–Crippen LogP) is 2.86. The summed E-state index contributed by atoms with van der Waals surface area (Å²) in [6, 6.07) is 5.44. The second kappa shape index (κ2) is 16.1. The number of aromatic nitrogens is 2. The molecule has 0 saturated heterocycles. The zero-order chi connectivity index (χ0) is 30.5. The topological polar surface area (TPSA) is 124 Å². The van der Waals surface area contributed by atoms with E-state index in [-0.39, 0.29) is 37.5 Å². The molecule has 0 radical (unpaired) electrons. The molecule has 2 aliphatic heterocycles. The van der Waals surface area contributed by atoms with Gasteiger partial charge in [-0.05, 0) is 62.8 Å². The lowest BCUT2D eigenvalue weighted by Gasteiger charge is -2.33. The van der Waals surface area contributed by atoms with E-state index in [2.05, 4.69) is 34.5 Å². The van der Waals surface area contributed by atoms with E-state index in [1.165, 1.54) is 7.11 Å². The monoisotopic (exact) mass is 585 g/mol. The van der Waals surface area contributed by atoms with Crippen molar-refractivity contribution >= 4 is 17.8 Å². The molecule has 2 aromatic rings. The molecule has 4 rings (SSSR count). The van der Waals surface area contributed by atoms with Crippen LogP contribution in [0.4, 0.5) is 0 Å². The molecular formula is C31H47N5O6. The van der Waals surface area contributed by atoms with E-state index in [1.54, 1.807) is 17.7 Å². The fourth-order valence-corrected chi connectivity index (χ4v) is 5.12. The molecule has 1 aromatic heterocycles. The number of esters is 1. The van der Waals surface area contributed by atoms with Gasteiger partial charge in [0.05, 0.1) is 25.3 Å². The highest BCUT2D eigenvalue weighted by Gasteiger charge is 2.40. The van der Waals surface area contributed by atoms with Gasteiger partial charge in [0.15, 0.2) is 18.1 Å². The van der Waals surface area contributed by atoms with Crippen molar-refractivity contribution in [3.05, 3.63) is 41.7 Å². The summed E-state index contributed by atoms with van der Waals surface area (Å²) in [5, 5.41) is 10.2. The Morgan fingerprint density at radius 1 is 1.19 bits per heavy atom. The van der Waals surface area contributed by atoms with Crippen LogP contribution >= 0.6 is 0 Å². The summed E-state index contributed by atoms with van der Waals surface area (Å²) in [7, 11) is 3.41. The summed E-state index contributed by atoms with van der Waals surface area (Å²) in [5.74, 6) is 0.592. The smallest absolute Gasteiger partial charge is 0.314 e. The molecule has 2 bridgehead atoms. The Bertz CT molecular complexity index is 1180. The van der Waals surface area contributed by atoms with Gasteiger partial charge in [0.1, 0.15) is 0 Å². The largest absolute Gasteiger partial charge is 0.493 e. The Balaban J connectivity index is 1.88. The second-order valence-corrected chi connectivity index (χ2v) is 11.4. The first-order valence-electron chi connectivity index (χ1n) is 14.8. The Morgan fingerprint density at radius 2 is 2.00 bits per heavy atom. The number of hydrogen-bond acceptors (Lipinski definition) is 8. The molecule has 42 heavy (non-hydrogen) atoms. The van der Waals surface area contributed by atoms with Crippen LogP contribution in [0.1, 0.15) is 57.6 Å². The number of methoxy groups -OCH3 is 1. The van der Waals surface area contributed by atoms with E-state index in [0.717, 1.165) is 17.5 Å². The number of aryl methyl sites for hydroxylation is 1. The maximum Gasteiger partial charge on any atom is 0.314 e. The maximum absolute atomic E-state index is 13.5. The van der Waals surface area contributed by atoms with Crippen molar-refractivity contribution in [1.29, 1.82) is 0 Å². The molecule has 11 heteroatoms.